The van der Waals surface area contributed by atoms with E-state index in [1.165, 1.54) is 12.8 Å². The van der Waals surface area contributed by atoms with Gasteiger partial charge in [-0.25, -0.2) is 0 Å². The molecule has 0 aromatic heterocycles. The van der Waals surface area contributed by atoms with Crippen LogP contribution in [0.4, 0.5) is 0 Å². The molecule has 1 saturated carbocycles. The molecule has 0 radical (unpaired) electrons. The van der Waals surface area contributed by atoms with E-state index < -0.39 is 0 Å². The van der Waals surface area contributed by atoms with Crippen molar-refractivity contribution in [2.45, 2.75) is 12.8 Å². The van der Waals surface area contributed by atoms with Crippen LogP contribution in [0.3, 0.4) is 0 Å². The summed E-state index contributed by atoms with van der Waals surface area (Å²) in [6, 6.07) is 0. The standard InChI is InChI=1S/C8H13N3O.ClH/c1-2-7(1)5-12-11-8-3-9-6-10-4-8;/h6-7H,1-5H2,(H,9,10);1H. The van der Waals surface area contributed by atoms with Gasteiger partial charge in [0, 0.05) is 0 Å². The molecule has 74 valence electrons. The van der Waals surface area contributed by atoms with Gasteiger partial charge in [0.2, 0.25) is 0 Å². The van der Waals surface area contributed by atoms with Crippen LogP contribution in [-0.2, 0) is 4.84 Å². The van der Waals surface area contributed by atoms with Crippen molar-refractivity contribution in [1.29, 1.82) is 0 Å². The van der Waals surface area contributed by atoms with Crippen LogP contribution in [0.25, 0.3) is 0 Å². The third-order valence-corrected chi connectivity index (χ3v) is 1.96. The first-order valence-corrected chi connectivity index (χ1v) is 4.34. The molecule has 0 unspecified atom stereocenters. The second-order valence-electron chi connectivity index (χ2n) is 3.25. The molecule has 2 aliphatic rings. The predicted molar refractivity (Wildman–Crippen MR) is 54.7 cm³/mol. The summed E-state index contributed by atoms with van der Waals surface area (Å²) in [6.45, 7) is 2.24. The van der Waals surface area contributed by atoms with E-state index in [1.807, 2.05) is 0 Å². The zero-order chi connectivity index (χ0) is 8.23. The van der Waals surface area contributed by atoms with Gasteiger partial charge >= 0.3 is 0 Å². The molecule has 0 aromatic rings. The van der Waals surface area contributed by atoms with Gasteiger partial charge in [-0.2, -0.15) is 0 Å². The Morgan fingerprint density at radius 3 is 3.08 bits per heavy atom. The van der Waals surface area contributed by atoms with Crippen molar-refractivity contribution in [2.24, 2.45) is 16.1 Å². The lowest BCUT2D eigenvalue weighted by Crippen LogP contribution is -2.28. The summed E-state index contributed by atoms with van der Waals surface area (Å²) in [7, 11) is 0. The average molecular weight is 204 g/mol. The lowest BCUT2D eigenvalue weighted by atomic mass is 10.3. The van der Waals surface area contributed by atoms with Gasteiger partial charge in [0.1, 0.15) is 6.61 Å². The van der Waals surface area contributed by atoms with Gasteiger partial charge in [0.05, 0.1) is 25.1 Å². The Bertz CT molecular complexity index is 213. The quantitative estimate of drug-likeness (QED) is 0.691. The Hall–Kier alpha value is -0.770. The number of halogens is 1. The summed E-state index contributed by atoms with van der Waals surface area (Å²) in [5.41, 5.74) is 0.984. The monoisotopic (exact) mass is 203 g/mol. The van der Waals surface area contributed by atoms with E-state index >= 15 is 0 Å². The number of hydrogen-bond acceptors (Lipinski definition) is 4. The summed E-state index contributed by atoms with van der Waals surface area (Å²) < 4.78 is 0. The lowest BCUT2D eigenvalue weighted by molar-refractivity contribution is 0.133. The van der Waals surface area contributed by atoms with Gasteiger partial charge in [0.25, 0.3) is 0 Å². The first kappa shape index (κ1) is 10.3. The SMILES string of the molecule is C1=NC/C(=N/OCC2CC2)CN1.Cl. The molecule has 0 bridgehead atoms. The summed E-state index contributed by atoms with van der Waals surface area (Å²) >= 11 is 0. The number of hydrogen-bond donors (Lipinski definition) is 1. The van der Waals surface area contributed by atoms with E-state index in [1.54, 1.807) is 6.34 Å². The highest BCUT2D eigenvalue weighted by molar-refractivity contribution is 5.92. The van der Waals surface area contributed by atoms with Crippen LogP contribution in [0.5, 0.6) is 0 Å². The largest absolute Gasteiger partial charge is 0.395 e. The fraction of sp³-hybridized carbons (Fsp3) is 0.750. The van der Waals surface area contributed by atoms with E-state index in [4.69, 9.17) is 4.84 Å². The third-order valence-electron chi connectivity index (χ3n) is 1.96. The van der Waals surface area contributed by atoms with Gasteiger partial charge in [-0.15, -0.1) is 12.4 Å². The number of rotatable bonds is 3. The van der Waals surface area contributed by atoms with Crippen LogP contribution in [0.2, 0.25) is 0 Å². The molecule has 1 aliphatic carbocycles. The summed E-state index contributed by atoms with van der Waals surface area (Å²) in [4.78, 5) is 9.20. The maximum atomic E-state index is 5.17. The van der Waals surface area contributed by atoms with E-state index in [9.17, 15) is 0 Å². The number of nitrogens with one attached hydrogen (secondary N) is 1. The van der Waals surface area contributed by atoms with Gasteiger partial charge in [0.15, 0.2) is 0 Å². The molecule has 4 nitrogen and oxygen atoms in total. The second kappa shape index (κ2) is 5.07. The first-order chi connectivity index (χ1) is 5.95. The van der Waals surface area contributed by atoms with Crippen LogP contribution in [0.1, 0.15) is 12.8 Å². The van der Waals surface area contributed by atoms with Gasteiger partial charge in [-0.05, 0) is 18.8 Å². The summed E-state index contributed by atoms with van der Waals surface area (Å²) in [6.07, 6.45) is 4.32. The van der Waals surface area contributed by atoms with Crippen molar-refractivity contribution < 1.29 is 4.84 Å². The maximum absolute atomic E-state index is 5.17. The van der Waals surface area contributed by atoms with Crippen LogP contribution < -0.4 is 5.32 Å². The Kier molecular flexibility index (Phi) is 4.02. The topological polar surface area (TPSA) is 46.0 Å². The van der Waals surface area contributed by atoms with Crippen LogP contribution in [-0.4, -0.2) is 31.7 Å². The fourth-order valence-electron chi connectivity index (χ4n) is 1.01. The predicted octanol–water partition coefficient (Wildman–Crippen LogP) is 0.822. The van der Waals surface area contributed by atoms with Gasteiger partial charge in [-0.1, -0.05) is 5.16 Å². The van der Waals surface area contributed by atoms with E-state index in [2.05, 4.69) is 15.5 Å². The van der Waals surface area contributed by atoms with Crippen molar-refractivity contribution in [1.82, 2.24) is 5.32 Å². The van der Waals surface area contributed by atoms with Crippen molar-refractivity contribution in [3.05, 3.63) is 0 Å². The minimum absolute atomic E-state index is 0. The zero-order valence-electron chi connectivity index (χ0n) is 7.40. The lowest BCUT2D eigenvalue weighted by Gasteiger charge is -2.07. The molecule has 1 N–H and O–H groups in total. The smallest absolute Gasteiger partial charge is 0.120 e. The Labute approximate surface area is 83.8 Å². The molecular weight excluding hydrogens is 190 g/mol. The molecule has 13 heavy (non-hydrogen) atoms. The van der Waals surface area contributed by atoms with Crippen molar-refractivity contribution >= 4 is 24.5 Å². The van der Waals surface area contributed by atoms with Gasteiger partial charge < -0.3 is 10.2 Å². The Morgan fingerprint density at radius 2 is 2.46 bits per heavy atom. The molecule has 0 amide bonds. The molecule has 0 atom stereocenters. The molecule has 1 fully saturated rings. The normalized spacial score (nSPS) is 23.5. The fourth-order valence-corrected chi connectivity index (χ4v) is 1.01. The van der Waals surface area contributed by atoms with E-state index in [-0.39, 0.29) is 12.4 Å². The number of oxime groups is 1. The Morgan fingerprint density at radius 1 is 1.62 bits per heavy atom. The molecule has 2 rings (SSSR count). The van der Waals surface area contributed by atoms with Gasteiger partial charge in [-0.3, -0.25) is 4.99 Å². The molecule has 0 saturated heterocycles. The second-order valence-corrected chi connectivity index (χ2v) is 3.25. The Balaban J connectivity index is 0.000000845. The number of nitrogens with zero attached hydrogens (tertiary/aromatic N) is 2. The minimum Gasteiger partial charge on any atom is -0.395 e. The average Bonchev–Trinajstić information content (AvgIpc) is 2.90. The number of aliphatic imine (C=N–C) groups is 1. The maximum Gasteiger partial charge on any atom is 0.120 e. The molecule has 0 spiro atoms. The summed E-state index contributed by atoms with van der Waals surface area (Å²) in [5, 5.41) is 6.99. The molecule has 1 aliphatic heterocycles. The van der Waals surface area contributed by atoms with Crippen molar-refractivity contribution in [3.63, 3.8) is 0 Å². The van der Waals surface area contributed by atoms with E-state index in [0.717, 1.165) is 24.8 Å². The van der Waals surface area contributed by atoms with E-state index in [0.29, 0.717) is 6.54 Å². The van der Waals surface area contributed by atoms with Crippen LogP contribution in [0.15, 0.2) is 10.1 Å². The zero-order valence-corrected chi connectivity index (χ0v) is 8.22. The highest BCUT2D eigenvalue weighted by atomic mass is 35.5. The first-order valence-electron chi connectivity index (χ1n) is 4.34. The highest BCUT2D eigenvalue weighted by Gasteiger charge is 2.21. The van der Waals surface area contributed by atoms with Crippen LogP contribution in [0, 0.1) is 5.92 Å². The van der Waals surface area contributed by atoms with Crippen molar-refractivity contribution in [2.75, 3.05) is 19.7 Å². The minimum atomic E-state index is 0. The highest BCUT2D eigenvalue weighted by Crippen LogP contribution is 2.28. The third kappa shape index (κ3) is 3.63. The molecule has 0 aromatic carbocycles. The molecule has 1 heterocycles. The molecule has 5 heteroatoms. The summed E-state index contributed by atoms with van der Waals surface area (Å²) in [5.74, 6) is 0.773. The van der Waals surface area contributed by atoms with Crippen LogP contribution >= 0.6 is 12.4 Å². The van der Waals surface area contributed by atoms with Crippen molar-refractivity contribution in [3.8, 4) is 0 Å². The molecular formula is C8H14ClN3O.